The zero-order valence-corrected chi connectivity index (χ0v) is 38.0. The summed E-state index contributed by atoms with van der Waals surface area (Å²) in [6.07, 6.45) is 0. The zero-order valence-electron chi connectivity index (χ0n) is 37.2. The van der Waals surface area contributed by atoms with E-state index >= 15 is 0 Å². The Kier molecular flexibility index (Phi) is 9.00. The first-order chi connectivity index (χ1) is 34.2. The van der Waals surface area contributed by atoms with E-state index in [0.29, 0.717) is 17.5 Å². The van der Waals surface area contributed by atoms with Crippen LogP contribution in [0.5, 0.6) is 0 Å². The van der Waals surface area contributed by atoms with Crippen LogP contribution in [0.15, 0.2) is 237 Å². The molecule has 0 fully saturated rings. The van der Waals surface area contributed by atoms with Crippen LogP contribution >= 0.6 is 11.3 Å². The highest BCUT2D eigenvalue weighted by atomic mass is 32.1. The highest BCUT2D eigenvalue weighted by Crippen LogP contribution is 2.48. The van der Waals surface area contributed by atoms with Gasteiger partial charge in [0.1, 0.15) is 0 Å². The third-order valence-corrected chi connectivity index (χ3v) is 14.8. The average Bonchev–Trinajstić information content (AvgIpc) is 4.09. The van der Waals surface area contributed by atoms with Crippen LogP contribution in [0.1, 0.15) is 0 Å². The first-order valence-corrected chi connectivity index (χ1v) is 24.1. The highest BCUT2D eigenvalue weighted by Gasteiger charge is 2.26. The standard InChI is InChI=1S/C63H39N5S/c1-4-20-40(21-5-1)44-30-18-35-55-58(44)49-29-12-16-34-54(49)68(55)56-36-19-31-48(59(56)63-65-61(41-22-6-2-7-23-41)64-62(66-63)42-24-8-3-9-25-42)51-39-43(38-50-47-28-13-17-37-57(47)69-60(50)51)67-52-32-14-10-26-45(52)46-27-11-15-33-53(46)67/h1-39H. The van der Waals surface area contributed by atoms with E-state index in [1.54, 1.807) is 0 Å². The molecule has 0 amide bonds. The van der Waals surface area contributed by atoms with Crippen molar-refractivity contribution in [3.8, 4) is 67.8 Å². The SMILES string of the molecule is c1ccc(-c2nc(-c3ccccc3)nc(-c3c(-c4cc(-n5c6ccccc6c6ccccc65)cc5c4sc4ccccc45)cccc3-n3c4ccccc4c4c(-c5ccccc5)cccc43)n2)cc1. The molecule has 4 heterocycles. The maximum atomic E-state index is 5.52. The van der Waals surface area contributed by atoms with Gasteiger partial charge in [-0.05, 0) is 65.2 Å². The molecule has 0 atom stereocenters. The minimum atomic E-state index is 0.593. The van der Waals surface area contributed by atoms with Crippen LogP contribution in [0.2, 0.25) is 0 Å². The number of aromatic nitrogens is 5. The lowest BCUT2D eigenvalue weighted by molar-refractivity contribution is 1.06. The van der Waals surface area contributed by atoms with E-state index in [1.807, 2.05) is 47.7 Å². The summed E-state index contributed by atoms with van der Waals surface area (Å²) in [6, 6.07) is 84.6. The number of benzene rings is 10. The van der Waals surface area contributed by atoms with Crippen molar-refractivity contribution in [1.29, 1.82) is 0 Å². The Morgan fingerprint density at radius 3 is 1.46 bits per heavy atom. The molecule has 0 unspecified atom stereocenters. The molecule has 5 nitrogen and oxygen atoms in total. The number of para-hydroxylation sites is 3. The summed E-state index contributed by atoms with van der Waals surface area (Å²) in [5, 5.41) is 7.25. The number of fused-ring (bicyclic) bond motifs is 9. The molecule has 0 aliphatic rings. The zero-order chi connectivity index (χ0) is 45.4. The van der Waals surface area contributed by atoms with Crippen molar-refractivity contribution in [1.82, 2.24) is 24.1 Å². The van der Waals surface area contributed by atoms with Crippen LogP contribution < -0.4 is 0 Å². The van der Waals surface area contributed by atoms with Crippen LogP contribution in [0.4, 0.5) is 0 Å². The highest BCUT2D eigenvalue weighted by molar-refractivity contribution is 7.26. The quantitative estimate of drug-likeness (QED) is 0.160. The van der Waals surface area contributed by atoms with Crippen LogP contribution in [0.25, 0.3) is 132 Å². The first-order valence-electron chi connectivity index (χ1n) is 23.3. The number of hydrogen-bond acceptors (Lipinski definition) is 4. The van der Waals surface area contributed by atoms with Gasteiger partial charge in [-0.25, -0.2) is 15.0 Å². The second-order valence-corrected chi connectivity index (χ2v) is 18.5. The summed E-state index contributed by atoms with van der Waals surface area (Å²) in [5.74, 6) is 1.81. The van der Waals surface area contributed by atoms with Crippen molar-refractivity contribution in [2.45, 2.75) is 0 Å². The van der Waals surface area contributed by atoms with Gasteiger partial charge in [0.05, 0.1) is 33.3 Å². The van der Waals surface area contributed by atoms with E-state index in [-0.39, 0.29) is 0 Å². The van der Waals surface area contributed by atoms with Crippen molar-refractivity contribution in [2.24, 2.45) is 0 Å². The molecule has 0 spiro atoms. The third kappa shape index (κ3) is 6.27. The minimum Gasteiger partial charge on any atom is -0.309 e. The Morgan fingerprint density at radius 1 is 0.319 bits per heavy atom. The van der Waals surface area contributed by atoms with Crippen molar-refractivity contribution < 1.29 is 0 Å². The van der Waals surface area contributed by atoms with Gasteiger partial charge in [0.15, 0.2) is 17.5 Å². The Balaban J connectivity index is 1.15. The minimum absolute atomic E-state index is 0.593. The lowest BCUT2D eigenvalue weighted by Crippen LogP contribution is -2.05. The van der Waals surface area contributed by atoms with Gasteiger partial charge in [-0.3, -0.25) is 0 Å². The predicted molar refractivity (Wildman–Crippen MR) is 289 cm³/mol. The molecule has 10 aromatic carbocycles. The van der Waals surface area contributed by atoms with Gasteiger partial charge < -0.3 is 9.13 Å². The second kappa shape index (κ2) is 15.8. The molecule has 322 valence electrons. The Labute approximate surface area is 401 Å². The molecule has 0 saturated heterocycles. The Morgan fingerprint density at radius 2 is 0.812 bits per heavy atom. The van der Waals surface area contributed by atoms with Gasteiger partial charge in [0.25, 0.3) is 0 Å². The number of nitrogens with zero attached hydrogens (tertiary/aromatic N) is 5. The molecule has 69 heavy (non-hydrogen) atoms. The molecule has 4 aromatic heterocycles. The molecule has 6 heteroatoms. The summed E-state index contributed by atoms with van der Waals surface area (Å²) in [6.45, 7) is 0. The lowest BCUT2D eigenvalue weighted by atomic mass is 9.94. The van der Waals surface area contributed by atoms with Crippen molar-refractivity contribution in [2.75, 3.05) is 0 Å². The number of thiophene rings is 1. The number of rotatable bonds is 7. The monoisotopic (exact) mass is 897 g/mol. The van der Waals surface area contributed by atoms with Crippen molar-refractivity contribution in [3.63, 3.8) is 0 Å². The Bertz CT molecular complexity index is 4190. The van der Waals surface area contributed by atoms with E-state index < -0.39 is 0 Å². The Hall–Kier alpha value is -8.97. The second-order valence-electron chi connectivity index (χ2n) is 17.5. The molecule has 14 aromatic rings. The fourth-order valence-electron chi connectivity index (χ4n) is 10.6. The van der Waals surface area contributed by atoms with E-state index in [2.05, 4.69) is 209 Å². The van der Waals surface area contributed by atoms with Gasteiger partial charge in [-0.1, -0.05) is 188 Å². The summed E-state index contributed by atoms with van der Waals surface area (Å²) < 4.78 is 7.31. The van der Waals surface area contributed by atoms with Crippen molar-refractivity contribution in [3.05, 3.63) is 237 Å². The van der Waals surface area contributed by atoms with Crippen molar-refractivity contribution >= 4 is 75.1 Å². The topological polar surface area (TPSA) is 48.5 Å². The van der Waals surface area contributed by atoms with Gasteiger partial charge >= 0.3 is 0 Å². The third-order valence-electron chi connectivity index (χ3n) is 13.6. The van der Waals surface area contributed by atoms with Gasteiger partial charge in [-0.2, -0.15) is 0 Å². The smallest absolute Gasteiger partial charge is 0.166 e. The maximum Gasteiger partial charge on any atom is 0.166 e. The first kappa shape index (κ1) is 39.2. The average molecular weight is 898 g/mol. The van der Waals surface area contributed by atoms with Crippen LogP contribution in [0.3, 0.4) is 0 Å². The molecule has 0 radical (unpaired) electrons. The lowest BCUT2D eigenvalue weighted by Gasteiger charge is -2.20. The van der Waals surface area contributed by atoms with E-state index in [9.17, 15) is 0 Å². The van der Waals surface area contributed by atoms with Gasteiger partial charge in [0, 0.05) is 64.1 Å². The molecular formula is C63H39N5S. The van der Waals surface area contributed by atoms with Crippen LogP contribution in [0, 0.1) is 0 Å². The predicted octanol–water partition coefficient (Wildman–Crippen LogP) is 16.8. The van der Waals surface area contributed by atoms with Gasteiger partial charge in [-0.15, -0.1) is 11.3 Å². The fraction of sp³-hybridized carbons (Fsp3) is 0. The van der Waals surface area contributed by atoms with E-state index in [4.69, 9.17) is 15.0 Å². The fourth-order valence-corrected chi connectivity index (χ4v) is 11.8. The number of hydrogen-bond donors (Lipinski definition) is 0. The summed E-state index contributed by atoms with van der Waals surface area (Å²) in [5.41, 5.74) is 13.8. The molecule has 0 aliphatic heterocycles. The maximum absolute atomic E-state index is 5.52. The molecule has 0 saturated carbocycles. The van der Waals surface area contributed by atoms with Gasteiger partial charge in [0.2, 0.25) is 0 Å². The summed E-state index contributed by atoms with van der Waals surface area (Å²) in [7, 11) is 0. The molecule has 0 N–H and O–H groups in total. The molecule has 14 rings (SSSR count). The molecule has 0 aliphatic carbocycles. The van der Waals surface area contributed by atoms with Crippen LogP contribution in [-0.2, 0) is 0 Å². The summed E-state index contributed by atoms with van der Waals surface area (Å²) >= 11 is 1.84. The molecular weight excluding hydrogens is 859 g/mol. The molecule has 0 bridgehead atoms. The summed E-state index contributed by atoms with van der Waals surface area (Å²) in [4.78, 5) is 16.2. The van der Waals surface area contributed by atoms with E-state index in [1.165, 1.54) is 52.8 Å². The van der Waals surface area contributed by atoms with E-state index in [0.717, 1.165) is 61.3 Å². The van der Waals surface area contributed by atoms with Crippen LogP contribution in [-0.4, -0.2) is 24.1 Å². The normalized spacial score (nSPS) is 11.8. The largest absolute Gasteiger partial charge is 0.309 e.